The summed E-state index contributed by atoms with van der Waals surface area (Å²) in [5, 5.41) is 3.82. The third-order valence-corrected chi connectivity index (χ3v) is 1.68. The average molecular weight is 156 g/mol. The van der Waals surface area contributed by atoms with E-state index >= 15 is 0 Å². The van der Waals surface area contributed by atoms with Crippen LogP contribution in [0.15, 0.2) is 0 Å². The maximum Gasteiger partial charge on any atom is 0.0417 e. The molecule has 1 nitrogen and oxygen atoms in total. The van der Waals surface area contributed by atoms with E-state index in [1.54, 1.807) is 0 Å². The number of hydrogen-bond acceptors (Lipinski definition) is 2. The topological polar surface area (TPSA) is 12.0 Å². The molecule has 0 aromatic rings. The Labute approximate surface area is 62.0 Å². The van der Waals surface area contributed by atoms with Crippen LogP contribution in [0.2, 0.25) is 0 Å². The molecule has 0 aliphatic heterocycles. The maximum atomic E-state index is 3.06. The second-order valence-corrected chi connectivity index (χ2v) is 3.28. The van der Waals surface area contributed by atoms with Crippen LogP contribution in [-0.4, -0.2) is 18.2 Å². The highest BCUT2D eigenvalue weighted by atomic mass is 35.5. The molecule has 52 valence electrons. The molecule has 3 heteroatoms. The van der Waals surface area contributed by atoms with Crippen LogP contribution in [0, 0.1) is 0 Å². The van der Waals surface area contributed by atoms with Crippen LogP contribution >= 0.6 is 24.2 Å². The van der Waals surface area contributed by atoms with E-state index in [2.05, 4.69) is 19.2 Å². The molecule has 0 amide bonds. The van der Waals surface area contributed by atoms with Gasteiger partial charge in [0.2, 0.25) is 0 Å². The van der Waals surface area contributed by atoms with Crippen molar-refractivity contribution >= 4 is 24.2 Å². The predicted molar refractivity (Wildman–Crippen MR) is 43.9 cm³/mol. The number of thioether (sulfide) groups is 1. The number of halogens is 1. The molecule has 0 radical (unpaired) electrons. The van der Waals surface area contributed by atoms with E-state index in [1.165, 1.54) is 0 Å². The summed E-state index contributed by atoms with van der Waals surface area (Å²) in [5.41, 5.74) is 0. The first-order chi connectivity index (χ1) is 3.27. The summed E-state index contributed by atoms with van der Waals surface area (Å²) >= 11 is 1.92. The molecule has 0 heterocycles. The summed E-state index contributed by atoms with van der Waals surface area (Å²) in [6.07, 6.45) is 0. The van der Waals surface area contributed by atoms with Crippen LogP contribution in [0.3, 0.4) is 0 Å². The van der Waals surface area contributed by atoms with E-state index in [4.69, 9.17) is 0 Å². The Bertz CT molecular complexity index is 41.4. The Balaban J connectivity index is 0. The Morgan fingerprint density at radius 2 is 2.00 bits per heavy atom. The molecule has 0 spiro atoms. The lowest BCUT2D eigenvalue weighted by Crippen LogP contribution is -2.05. The fourth-order valence-corrected chi connectivity index (χ4v) is 0.750. The Hall–Kier alpha value is 0.600. The van der Waals surface area contributed by atoms with Crippen molar-refractivity contribution in [3.63, 3.8) is 0 Å². The minimum atomic E-state index is 0. The van der Waals surface area contributed by atoms with Crippen LogP contribution in [0.5, 0.6) is 0 Å². The zero-order valence-corrected chi connectivity index (χ0v) is 7.23. The van der Waals surface area contributed by atoms with Gasteiger partial charge in [-0.15, -0.1) is 24.2 Å². The van der Waals surface area contributed by atoms with E-state index in [1.807, 2.05) is 18.8 Å². The quantitative estimate of drug-likeness (QED) is 0.624. The summed E-state index contributed by atoms with van der Waals surface area (Å²) in [4.78, 5) is 0. The summed E-state index contributed by atoms with van der Waals surface area (Å²) < 4.78 is 0. The van der Waals surface area contributed by atoms with Gasteiger partial charge in [0.15, 0.2) is 0 Å². The minimum Gasteiger partial charge on any atom is -0.311 e. The van der Waals surface area contributed by atoms with Gasteiger partial charge in [-0.3, -0.25) is 0 Å². The van der Waals surface area contributed by atoms with E-state index in [9.17, 15) is 0 Å². The highest BCUT2D eigenvalue weighted by Crippen LogP contribution is 2.04. The monoisotopic (exact) mass is 155 g/mol. The Morgan fingerprint density at radius 1 is 1.50 bits per heavy atom. The molecule has 0 atom stereocenters. The molecular formula is C5H14ClNS. The molecule has 0 unspecified atom stereocenters. The van der Waals surface area contributed by atoms with Gasteiger partial charge in [-0.05, 0) is 7.05 Å². The molecule has 0 aromatic carbocycles. The van der Waals surface area contributed by atoms with Crippen molar-refractivity contribution in [1.82, 2.24) is 5.32 Å². The highest BCUT2D eigenvalue weighted by molar-refractivity contribution is 7.99. The molecule has 0 fully saturated rings. The summed E-state index contributed by atoms with van der Waals surface area (Å²) in [7, 11) is 1.97. The Morgan fingerprint density at radius 3 is 2.12 bits per heavy atom. The predicted octanol–water partition coefficient (Wildman–Crippen LogP) is 1.73. The molecule has 0 rings (SSSR count). The molecule has 1 N–H and O–H groups in total. The van der Waals surface area contributed by atoms with Crippen molar-refractivity contribution in [3.8, 4) is 0 Å². The first kappa shape index (κ1) is 11.4. The fourth-order valence-electron chi connectivity index (χ4n) is 0.250. The van der Waals surface area contributed by atoms with Crippen LogP contribution in [-0.2, 0) is 0 Å². The van der Waals surface area contributed by atoms with Crippen LogP contribution in [0.1, 0.15) is 13.8 Å². The maximum absolute atomic E-state index is 3.06. The Kier molecular flexibility index (Phi) is 10.8. The van der Waals surface area contributed by atoms with Gasteiger partial charge in [0, 0.05) is 11.1 Å². The number of hydrogen-bond donors (Lipinski definition) is 1. The van der Waals surface area contributed by atoms with E-state index < -0.39 is 0 Å². The standard InChI is InChI=1S/C5H13NS.ClH/c1-5(2)7-4-6-3;/h5-6H,4H2,1-3H3;1H. The SMILES string of the molecule is CNCSC(C)C.Cl. The third-order valence-electron chi connectivity index (χ3n) is 0.561. The van der Waals surface area contributed by atoms with E-state index in [-0.39, 0.29) is 12.4 Å². The van der Waals surface area contributed by atoms with Crippen molar-refractivity contribution in [2.24, 2.45) is 0 Å². The second kappa shape index (κ2) is 7.60. The van der Waals surface area contributed by atoms with E-state index in [0.717, 1.165) is 11.1 Å². The van der Waals surface area contributed by atoms with Crippen LogP contribution in [0.25, 0.3) is 0 Å². The number of rotatable bonds is 3. The zero-order valence-electron chi connectivity index (χ0n) is 5.60. The second-order valence-electron chi connectivity index (χ2n) is 1.71. The normalized spacial score (nSPS) is 9.00. The fraction of sp³-hybridized carbons (Fsp3) is 1.00. The lowest BCUT2D eigenvalue weighted by Gasteiger charge is -2.00. The van der Waals surface area contributed by atoms with Gasteiger partial charge in [-0.25, -0.2) is 0 Å². The van der Waals surface area contributed by atoms with Gasteiger partial charge in [0.25, 0.3) is 0 Å². The van der Waals surface area contributed by atoms with Crippen molar-refractivity contribution < 1.29 is 0 Å². The van der Waals surface area contributed by atoms with Gasteiger partial charge < -0.3 is 5.32 Å². The summed E-state index contributed by atoms with van der Waals surface area (Å²) in [6.45, 7) is 4.39. The van der Waals surface area contributed by atoms with Crippen molar-refractivity contribution in [2.45, 2.75) is 19.1 Å². The smallest absolute Gasteiger partial charge is 0.0417 e. The molecule has 0 aliphatic rings. The van der Waals surface area contributed by atoms with Gasteiger partial charge in [-0.2, -0.15) is 0 Å². The molecule has 0 aliphatic carbocycles. The molecule has 0 aromatic heterocycles. The van der Waals surface area contributed by atoms with Crippen molar-refractivity contribution in [2.75, 3.05) is 12.9 Å². The zero-order chi connectivity index (χ0) is 5.70. The van der Waals surface area contributed by atoms with Gasteiger partial charge in [0.05, 0.1) is 0 Å². The third kappa shape index (κ3) is 9.78. The molecule has 8 heavy (non-hydrogen) atoms. The first-order valence-electron chi connectivity index (χ1n) is 2.53. The largest absolute Gasteiger partial charge is 0.311 e. The van der Waals surface area contributed by atoms with Crippen molar-refractivity contribution in [3.05, 3.63) is 0 Å². The van der Waals surface area contributed by atoms with Gasteiger partial charge in [-0.1, -0.05) is 13.8 Å². The van der Waals surface area contributed by atoms with Crippen LogP contribution < -0.4 is 5.32 Å². The van der Waals surface area contributed by atoms with Crippen LogP contribution in [0.4, 0.5) is 0 Å². The summed E-state index contributed by atoms with van der Waals surface area (Å²) in [5.74, 6) is 1.07. The van der Waals surface area contributed by atoms with Gasteiger partial charge >= 0.3 is 0 Å². The molecule has 0 saturated heterocycles. The first-order valence-corrected chi connectivity index (χ1v) is 3.58. The lowest BCUT2D eigenvalue weighted by atomic mass is 10.6. The number of nitrogens with one attached hydrogen (secondary N) is 1. The average Bonchev–Trinajstić information content (AvgIpc) is 1.61. The lowest BCUT2D eigenvalue weighted by molar-refractivity contribution is 0.971. The molecule has 0 bridgehead atoms. The summed E-state index contributed by atoms with van der Waals surface area (Å²) in [6, 6.07) is 0. The molecular weight excluding hydrogens is 142 g/mol. The van der Waals surface area contributed by atoms with Crippen molar-refractivity contribution in [1.29, 1.82) is 0 Å². The molecule has 0 saturated carbocycles. The van der Waals surface area contributed by atoms with Gasteiger partial charge in [0.1, 0.15) is 0 Å². The highest BCUT2D eigenvalue weighted by Gasteiger charge is 1.88. The minimum absolute atomic E-state index is 0. The van der Waals surface area contributed by atoms with E-state index in [0.29, 0.717) is 0 Å².